The normalized spacial score (nSPS) is 11.0. The van der Waals surface area contributed by atoms with Gasteiger partial charge >= 0.3 is 5.69 Å². The minimum absolute atomic E-state index is 0. The molecule has 0 saturated heterocycles. The Labute approximate surface area is 155 Å². The fourth-order valence-corrected chi connectivity index (χ4v) is 1.85. The molecule has 10 nitrogen and oxygen atoms in total. The lowest BCUT2D eigenvalue weighted by Gasteiger charge is -2.10. The van der Waals surface area contributed by atoms with E-state index < -0.39 is 4.92 Å². The number of nitrogens with one attached hydrogen (secondary N) is 2. The van der Waals surface area contributed by atoms with E-state index in [1.54, 1.807) is 7.05 Å². The number of guanidine groups is 1. The fourth-order valence-electron chi connectivity index (χ4n) is 1.85. The number of aliphatic imine (C=N–C) groups is 1. The summed E-state index contributed by atoms with van der Waals surface area (Å²) < 4.78 is 6.97. The molecule has 0 aliphatic rings. The Morgan fingerprint density at radius 1 is 1.46 bits per heavy atom. The molecule has 0 bridgehead atoms. The number of nitro groups is 1. The highest BCUT2D eigenvalue weighted by Gasteiger charge is 2.09. The van der Waals surface area contributed by atoms with E-state index in [1.807, 2.05) is 13.8 Å². The number of halogens is 1. The second kappa shape index (κ2) is 9.20. The molecule has 0 atom stereocenters. The highest BCUT2D eigenvalue weighted by molar-refractivity contribution is 14.0. The molecular formula is C13H20IN7O3. The molecule has 0 unspecified atom stereocenters. The lowest BCUT2D eigenvalue weighted by molar-refractivity contribution is -0.385. The summed E-state index contributed by atoms with van der Waals surface area (Å²) in [5.41, 5.74) is 0.840. The average Bonchev–Trinajstić information content (AvgIpc) is 3.10. The van der Waals surface area contributed by atoms with Gasteiger partial charge in [-0.2, -0.15) is 5.10 Å². The Morgan fingerprint density at radius 2 is 2.21 bits per heavy atom. The standard InChI is InChI=1S/C13H19N7O3.HI/c1-9-10(2)23-12(18-9)7-16-13(14-3)15-4-5-19-8-11(6-17-19)20(21)22;/h6,8H,4-5,7H2,1-3H3,(H2,14,15,16);1H. The summed E-state index contributed by atoms with van der Waals surface area (Å²) in [6.45, 7) is 5.16. The molecule has 0 fully saturated rings. The van der Waals surface area contributed by atoms with Gasteiger partial charge in [-0.15, -0.1) is 24.0 Å². The first kappa shape index (κ1) is 19.9. The van der Waals surface area contributed by atoms with Crippen LogP contribution in [0.5, 0.6) is 0 Å². The van der Waals surface area contributed by atoms with Gasteiger partial charge in [-0.05, 0) is 13.8 Å². The van der Waals surface area contributed by atoms with Gasteiger partial charge in [0.25, 0.3) is 0 Å². The molecule has 0 saturated carbocycles. The minimum atomic E-state index is -0.474. The molecule has 2 N–H and O–H groups in total. The zero-order chi connectivity index (χ0) is 16.8. The quantitative estimate of drug-likeness (QED) is 0.225. The molecule has 0 radical (unpaired) electrons. The van der Waals surface area contributed by atoms with Crippen molar-refractivity contribution in [2.45, 2.75) is 26.9 Å². The Morgan fingerprint density at radius 3 is 2.75 bits per heavy atom. The third kappa shape index (κ3) is 5.47. The first-order valence-electron chi connectivity index (χ1n) is 7.04. The molecule has 2 aromatic rings. The maximum absolute atomic E-state index is 10.6. The van der Waals surface area contributed by atoms with E-state index in [0.717, 1.165) is 11.5 Å². The van der Waals surface area contributed by atoms with Crippen LogP contribution in [0.1, 0.15) is 17.3 Å². The van der Waals surface area contributed by atoms with E-state index in [9.17, 15) is 10.1 Å². The van der Waals surface area contributed by atoms with Crippen molar-refractivity contribution in [3.8, 4) is 0 Å². The summed E-state index contributed by atoms with van der Waals surface area (Å²) in [5.74, 6) is 1.97. The van der Waals surface area contributed by atoms with Gasteiger partial charge in [-0.25, -0.2) is 4.98 Å². The highest BCUT2D eigenvalue weighted by Crippen LogP contribution is 2.08. The van der Waals surface area contributed by atoms with E-state index in [2.05, 4.69) is 25.7 Å². The van der Waals surface area contributed by atoms with Crippen molar-refractivity contribution in [3.05, 3.63) is 39.9 Å². The van der Waals surface area contributed by atoms with Gasteiger partial charge in [-0.1, -0.05) is 0 Å². The van der Waals surface area contributed by atoms with E-state index in [1.165, 1.54) is 17.1 Å². The molecule has 2 aromatic heterocycles. The zero-order valence-corrected chi connectivity index (χ0v) is 16.0. The molecule has 0 amide bonds. The third-order valence-electron chi connectivity index (χ3n) is 3.17. The molecule has 0 aliphatic heterocycles. The van der Waals surface area contributed by atoms with Gasteiger partial charge in [0.2, 0.25) is 5.89 Å². The van der Waals surface area contributed by atoms with Gasteiger partial charge in [0, 0.05) is 13.6 Å². The number of aromatic nitrogens is 3. The molecule has 2 heterocycles. The summed E-state index contributed by atoms with van der Waals surface area (Å²) in [5, 5.41) is 20.7. The summed E-state index contributed by atoms with van der Waals surface area (Å²) in [6.07, 6.45) is 2.61. The molecular weight excluding hydrogens is 429 g/mol. The topological polar surface area (TPSA) is 123 Å². The Balaban J connectivity index is 0.00000288. The van der Waals surface area contributed by atoms with Crippen LogP contribution in [0.4, 0.5) is 5.69 Å². The summed E-state index contributed by atoms with van der Waals surface area (Å²) in [4.78, 5) is 18.5. The van der Waals surface area contributed by atoms with Crippen LogP contribution in [0.25, 0.3) is 0 Å². The average molecular weight is 449 g/mol. The SMILES string of the molecule is CN=C(NCCn1cc([N+](=O)[O-])cn1)NCc1nc(C)c(C)o1.I. The number of nitrogens with zero attached hydrogens (tertiary/aromatic N) is 5. The number of rotatable bonds is 6. The third-order valence-corrected chi connectivity index (χ3v) is 3.17. The Hall–Kier alpha value is -2.18. The van der Waals surface area contributed by atoms with Gasteiger partial charge in [0.15, 0.2) is 5.96 Å². The van der Waals surface area contributed by atoms with Crippen LogP contribution in [-0.2, 0) is 13.1 Å². The maximum atomic E-state index is 10.6. The Kier molecular flexibility index (Phi) is 7.61. The van der Waals surface area contributed by atoms with E-state index in [4.69, 9.17) is 4.42 Å². The van der Waals surface area contributed by atoms with E-state index >= 15 is 0 Å². The van der Waals surface area contributed by atoms with Crippen LogP contribution in [0.2, 0.25) is 0 Å². The predicted molar refractivity (Wildman–Crippen MR) is 98.5 cm³/mol. The number of hydrogen-bond acceptors (Lipinski definition) is 6. The van der Waals surface area contributed by atoms with Crippen molar-refractivity contribution in [2.75, 3.05) is 13.6 Å². The van der Waals surface area contributed by atoms with E-state index in [-0.39, 0.29) is 29.7 Å². The predicted octanol–water partition coefficient (Wildman–Crippen LogP) is 1.38. The van der Waals surface area contributed by atoms with Crippen molar-refractivity contribution in [1.29, 1.82) is 0 Å². The fraction of sp³-hybridized carbons (Fsp3) is 0.462. The molecule has 0 spiro atoms. The number of oxazole rings is 1. The molecule has 0 aromatic carbocycles. The zero-order valence-electron chi connectivity index (χ0n) is 13.6. The van der Waals surface area contributed by atoms with Crippen LogP contribution in [0, 0.1) is 24.0 Å². The largest absolute Gasteiger partial charge is 0.444 e. The van der Waals surface area contributed by atoms with Crippen molar-refractivity contribution >= 4 is 35.6 Å². The maximum Gasteiger partial charge on any atom is 0.306 e. The molecule has 24 heavy (non-hydrogen) atoms. The number of hydrogen-bond donors (Lipinski definition) is 2. The summed E-state index contributed by atoms with van der Waals surface area (Å²) in [6, 6.07) is 0. The van der Waals surface area contributed by atoms with Crippen molar-refractivity contribution in [1.82, 2.24) is 25.4 Å². The van der Waals surface area contributed by atoms with Crippen LogP contribution >= 0.6 is 24.0 Å². The first-order chi connectivity index (χ1) is 11.0. The van der Waals surface area contributed by atoms with Gasteiger partial charge in [-0.3, -0.25) is 19.8 Å². The second-order valence-corrected chi connectivity index (χ2v) is 4.82. The van der Waals surface area contributed by atoms with Gasteiger partial charge < -0.3 is 15.1 Å². The molecule has 11 heteroatoms. The Bertz CT molecular complexity index is 691. The van der Waals surface area contributed by atoms with Crippen LogP contribution in [0.15, 0.2) is 21.8 Å². The minimum Gasteiger partial charge on any atom is -0.444 e. The van der Waals surface area contributed by atoms with Gasteiger partial charge in [0.1, 0.15) is 18.2 Å². The van der Waals surface area contributed by atoms with Crippen LogP contribution in [0.3, 0.4) is 0 Å². The van der Waals surface area contributed by atoms with Crippen molar-refractivity contribution in [2.24, 2.45) is 4.99 Å². The highest BCUT2D eigenvalue weighted by atomic mass is 127. The van der Waals surface area contributed by atoms with Crippen LogP contribution < -0.4 is 10.6 Å². The van der Waals surface area contributed by atoms with E-state index in [0.29, 0.717) is 31.5 Å². The monoisotopic (exact) mass is 449 g/mol. The second-order valence-electron chi connectivity index (χ2n) is 4.82. The first-order valence-corrected chi connectivity index (χ1v) is 7.04. The lowest BCUT2D eigenvalue weighted by Crippen LogP contribution is -2.38. The van der Waals surface area contributed by atoms with Crippen LogP contribution in [-0.4, -0.2) is 39.2 Å². The number of aryl methyl sites for hydroxylation is 2. The van der Waals surface area contributed by atoms with Crippen molar-refractivity contribution < 1.29 is 9.34 Å². The summed E-state index contributed by atoms with van der Waals surface area (Å²) >= 11 is 0. The molecule has 2 rings (SSSR count). The smallest absolute Gasteiger partial charge is 0.306 e. The molecule has 0 aliphatic carbocycles. The van der Waals surface area contributed by atoms with Crippen molar-refractivity contribution in [3.63, 3.8) is 0 Å². The lowest BCUT2D eigenvalue weighted by atomic mass is 10.4. The summed E-state index contributed by atoms with van der Waals surface area (Å²) in [7, 11) is 1.65. The molecule has 132 valence electrons. The van der Waals surface area contributed by atoms with Gasteiger partial charge in [0.05, 0.1) is 23.7 Å².